The zero-order valence-corrected chi connectivity index (χ0v) is 6.79. The van der Waals surface area contributed by atoms with Crippen LogP contribution in [0.4, 0.5) is 0 Å². The van der Waals surface area contributed by atoms with Crippen molar-refractivity contribution in [3.05, 3.63) is 0 Å². The van der Waals surface area contributed by atoms with E-state index in [1.54, 1.807) is 0 Å². The molecular formula is C5H11N3O2S. The Balaban J connectivity index is 2.38. The molecule has 1 aliphatic carbocycles. The van der Waals surface area contributed by atoms with Crippen molar-refractivity contribution in [2.24, 2.45) is 21.2 Å². The van der Waals surface area contributed by atoms with Crippen LogP contribution in [0.25, 0.3) is 0 Å². The minimum Gasteiger partial charge on any atom is -0.328 e. The summed E-state index contributed by atoms with van der Waals surface area (Å²) in [5.74, 6) is 0.198. The van der Waals surface area contributed by atoms with Crippen molar-refractivity contribution >= 4 is 16.4 Å². The van der Waals surface area contributed by atoms with Crippen LogP contribution in [-0.2, 0) is 10.2 Å². The van der Waals surface area contributed by atoms with Gasteiger partial charge in [-0.1, -0.05) is 0 Å². The molecule has 0 aromatic heterocycles. The lowest BCUT2D eigenvalue weighted by Crippen LogP contribution is -2.37. The molecule has 0 saturated heterocycles. The molecule has 0 aromatic rings. The summed E-state index contributed by atoms with van der Waals surface area (Å²) < 4.78 is 23.8. The number of nitrogens with two attached hydrogens (primary N) is 2. The normalized spacial score (nSPS) is 32.2. The SMILES string of the molecule is NC1CC(C=NS(N)(=O)=O)C1. The molecule has 4 N–H and O–H groups in total. The van der Waals surface area contributed by atoms with Crippen LogP contribution >= 0.6 is 0 Å². The Bertz CT molecular complexity index is 253. The van der Waals surface area contributed by atoms with E-state index in [4.69, 9.17) is 5.73 Å². The molecule has 5 nitrogen and oxygen atoms in total. The van der Waals surface area contributed by atoms with Crippen LogP contribution in [0.3, 0.4) is 0 Å². The molecule has 0 bridgehead atoms. The Labute approximate surface area is 65.7 Å². The number of nitrogens with zero attached hydrogens (tertiary/aromatic N) is 1. The first-order valence-corrected chi connectivity index (χ1v) is 4.81. The van der Waals surface area contributed by atoms with E-state index in [1.807, 2.05) is 0 Å². The average molecular weight is 177 g/mol. The van der Waals surface area contributed by atoms with Gasteiger partial charge in [-0.2, -0.15) is 12.8 Å². The molecule has 0 atom stereocenters. The fraction of sp³-hybridized carbons (Fsp3) is 0.800. The third-order valence-electron chi connectivity index (χ3n) is 1.63. The summed E-state index contributed by atoms with van der Waals surface area (Å²) in [4.78, 5) is 0. The summed E-state index contributed by atoms with van der Waals surface area (Å²) >= 11 is 0. The third-order valence-corrected chi connectivity index (χ3v) is 2.05. The van der Waals surface area contributed by atoms with Gasteiger partial charge in [0, 0.05) is 12.3 Å². The zero-order valence-electron chi connectivity index (χ0n) is 5.97. The van der Waals surface area contributed by atoms with Crippen LogP contribution in [0.15, 0.2) is 4.40 Å². The maximum Gasteiger partial charge on any atom is 0.316 e. The quantitative estimate of drug-likeness (QED) is 0.529. The van der Waals surface area contributed by atoms with Crippen LogP contribution in [0, 0.1) is 5.92 Å². The minimum absolute atomic E-state index is 0.198. The number of hydrogen-bond donors (Lipinski definition) is 2. The number of rotatable bonds is 2. The van der Waals surface area contributed by atoms with Crippen molar-refractivity contribution in [2.75, 3.05) is 0 Å². The van der Waals surface area contributed by atoms with Crippen molar-refractivity contribution in [2.45, 2.75) is 18.9 Å². The van der Waals surface area contributed by atoms with Gasteiger partial charge >= 0.3 is 10.2 Å². The Morgan fingerprint density at radius 3 is 2.36 bits per heavy atom. The first kappa shape index (κ1) is 8.63. The lowest BCUT2D eigenvalue weighted by atomic mass is 9.82. The van der Waals surface area contributed by atoms with E-state index in [2.05, 4.69) is 9.54 Å². The van der Waals surface area contributed by atoms with Crippen LogP contribution in [0.5, 0.6) is 0 Å². The minimum atomic E-state index is -3.68. The fourth-order valence-electron chi connectivity index (χ4n) is 1.00. The zero-order chi connectivity index (χ0) is 8.48. The van der Waals surface area contributed by atoms with Gasteiger partial charge in [0.05, 0.1) is 0 Å². The molecule has 0 aliphatic heterocycles. The first-order chi connectivity index (χ1) is 4.97. The highest BCUT2D eigenvalue weighted by molar-refractivity contribution is 7.87. The molecule has 0 amide bonds. The molecule has 0 aromatic carbocycles. The molecule has 11 heavy (non-hydrogen) atoms. The molecule has 1 saturated carbocycles. The van der Waals surface area contributed by atoms with Gasteiger partial charge in [-0.15, -0.1) is 0 Å². The van der Waals surface area contributed by atoms with Crippen LogP contribution < -0.4 is 10.9 Å². The van der Waals surface area contributed by atoms with Crippen molar-refractivity contribution in [1.82, 2.24) is 0 Å². The predicted molar refractivity (Wildman–Crippen MR) is 42.3 cm³/mol. The van der Waals surface area contributed by atoms with Gasteiger partial charge in [0.25, 0.3) is 0 Å². The monoisotopic (exact) mass is 177 g/mol. The molecule has 0 spiro atoms. The van der Waals surface area contributed by atoms with Gasteiger partial charge in [0.15, 0.2) is 0 Å². The van der Waals surface area contributed by atoms with E-state index in [0.717, 1.165) is 12.8 Å². The topological polar surface area (TPSA) is 98.5 Å². The summed E-state index contributed by atoms with van der Waals surface area (Å²) in [6.45, 7) is 0. The van der Waals surface area contributed by atoms with E-state index in [0.29, 0.717) is 0 Å². The molecule has 0 heterocycles. The smallest absolute Gasteiger partial charge is 0.316 e. The largest absolute Gasteiger partial charge is 0.328 e. The molecule has 6 heteroatoms. The van der Waals surface area contributed by atoms with E-state index in [9.17, 15) is 8.42 Å². The molecule has 1 rings (SSSR count). The first-order valence-electron chi connectivity index (χ1n) is 3.31. The maximum atomic E-state index is 10.3. The lowest BCUT2D eigenvalue weighted by Gasteiger charge is -2.28. The van der Waals surface area contributed by atoms with Gasteiger partial charge in [-0.05, 0) is 18.8 Å². The Morgan fingerprint density at radius 2 is 2.00 bits per heavy atom. The fourth-order valence-corrected chi connectivity index (χ4v) is 1.34. The van der Waals surface area contributed by atoms with Gasteiger partial charge in [-0.3, -0.25) is 0 Å². The van der Waals surface area contributed by atoms with Crippen LogP contribution in [0.1, 0.15) is 12.8 Å². The van der Waals surface area contributed by atoms with Crippen molar-refractivity contribution in [3.8, 4) is 0 Å². The molecule has 64 valence electrons. The van der Waals surface area contributed by atoms with Crippen molar-refractivity contribution in [1.29, 1.82) is 0 Å². The van der Waals surface area contributed by atoms with E-state index >= 15 is 0 Å². The summed E-state index contributed by atoms with van der Waals surface area (Å²) in [7, 11) is -3.68. The predicted octanol–water partition coefficient (Wildman–Crippen LogP) is -1.00. The lowest BCUT2D eigenvalue weighted by molar-refractivity contribution is 0.351. The maximum absolute atomic E-state index is 10.3. The van der Waals surface area contributed by atoms with Crippen molar-refractivity contribution in [3.63, 3.8) is 0 Å². The summed E-state index contributed by atoms with van der Waals surface area (Å²) in [5, 5.41) is 4.64. The molecule has 0 unspecified atom stereocenters. The highest BCUT2D eigenvalue weighted by Crippen LogP contribution is 2.23. The highest BCUT2D eigenvalue weighted by atomic mass is 32.2. The molecule has 1 aliphatic rings. The number of hydrogen-bond acceptors (Lipinski definition) is 3. The Kier molecular flexibility index (Phi) is 2.26. The molecule has 1 fully saturated rings. The standard InChI is InChI=1S/C5H11N3O2S/c6-5-1-4(2-5)3-8-11(7,9)10/h3-5H,1-2,6H2,(H2,7,9,10). The van der Waals surface area contributed by atoms with Gasteiger partial charge in [0.1, 0.15) is 0 Å². The Morgan fingerprint density at radius 1 is 1.45 bits per heavy atom. The van der Waals surface area contributed by atoms with Gasteiger partial charge < -0.3 is 5.73 Å². The Hall–Kier alpha value is -0.460. The van der Waals surface area contributed by atoms with Crippen LogP contribution in [0.2, 0.25) is 0 Å². The second kappa shape index (κ2) is 2.88. The highest BCUT2D eigenvalue weighted by Gasteiger charge is 2.24. The van der Waals surface area contributed by atoms with Crippen LogP contribution in [-0.4, -0.2) is 20.7 Å². The summed E-state index contributed by atoms with van der Waals surface area (Å²) in [6, 6.07) is 0.201. The summed E-state index contributed by atoms with van der Waals surface area (Å²) in [5.41, 5.74) is 5.47. The van der Waals surface area contributed by atoms with E-state index in [-0.39, 0.29) is 12.0 Å². The summed E-state index contributed by atoms with van der Waals surface area (Å²) in [6.07, 6.45) is 2.97. The van der Waals surface area contributed by atoms with Gasteiger partial charge in [0.2, 0.25) is 0 Å². The average Bonchev–Trinajstić information content (AvgIpc) is 1.75. The van der Waals surface area contributed by atoms with Gasteiger partial charge in [-0.25, -0.2) is 5.14 Å². The van der Waals surface area contributed by atoms with E-state index in [1.165, 1.54) is 6.21 Å². The molecule has 0 radical (unpaired) electrons. The molecular weight excluding hydrogens is 166 g/mol. The second-order valence-corrected chi connectivity index (χ2v) is 4.00. The van der Waals surface area contributed by atoms with E-state index < -0.39 is 10.2 Å². The van der Waals surface area contributed by atoms with Crippen molar-refractivity contribution < 1.29 is 8.42 Å². The second-order valence-electron chi connectivity index (χ2n) is 2.76. The third kappa shape index (κ3) is 2.96.